The molecule has 0 amide bonds. The molecule has 123 heavy (non-hydrogen) atoms. The van der Waals surface area contributed by atoms with Crippen molar-refractivity contribution in [3.05, 3.63) is 0 Å². The van der Waals surface area contributed by atoms with Crippen LogP contribution in [0.5, 0.6) is 0 Å². The summed E-state index contributed by atoms with van der Waals surface area (Å²) in [5.74, 6) is 7.47. The molecule has 20 rings (SSSR count). The molecule has 1 saturated heterocycles. The Morgan fingerprint density at radius 3 is 1.33 bits per heavy atom. The Bertz CT molecular complexity index is 3330. The highest BCUT2D eigenvalue weighted by atomic mass is 16.7. The summed E-state index contributed by atoms with van der Waals surface area (Å²) in [5.41, 5.74) is -3.46. The number of fused-ring (bicyclic) bond motifs is 1. The van der Waals surface area contributed by atoms with Gasteiger partial charge in [0.15, 0.2) is 12.9 Å². The van der Waals surface area contributed by atoms with Gasteiger partial charge in [-0.05, 0) is 370 Å². The van der Waals surface area contributed by atoms with Gasteiger partial charge in [-0.15, -0.1) is 0 Å². The topological polar surface area (TPSA) is 240 Å². The summed E-state index contributed by atoms with van der Waals surface area (Å²) < 4.78 is 52.4. The van der Waals surface area contributed by atoms with Crippen LogP contribution < -0.4 is 0 Å². The molecule has 1 N–H and O–H groups in total. The van der Waals surface area contributed by atoms with Crippen molar-refractivity contribution in [2.24, 2.45) is 133 Å². The van der Waals surface area contributed by atoms with Crippen LogP contribution in [-0.2, 0) is 81.0 Å². The molecule has 0 aromatic heterocycles. The maximum absolute atomic E-state index is 13.6. The normalized spacial score (nSPS) is 36.1. The van der Waals surface area contributed by atoms with Gasteiger partial charge in [-0.1, -0.05) is 136 Å². The molecule has 19 aliphatic carbocycles. The Morgan fingerprint density at radius 1 is 0.447 bits per heavy atom. The average Bonchev–Trinajstić information content (AvgIpc) is 1.60. The van der Waals surface area contributed by atoms with Gasteiger partial charge in [0.05, 0.1) is 50.6 Å². The van der Waals surface area contributed by atoms with E-state index in [9.17, 15) is 43.5 Å². The minimum absolute atomic E-state index is 0. The summed E-state index contributed by atoms with van der Waals surface area (Å²) in [6.45, 7) is 38.4. The molecule has 18 bridgehead atoms. The molecule has 18 nitrogen and oxygen atoms in total. The Balaban J connectivity index is 0.000000525. The molecule has 1 aliphatic heterocycles. The van der Waals surface area contributed by atoms with Crippen molar-refractivity contribution in [1.82, 2.24) is 0 Å². The Hall–Kier alpha value is -4.32. The molecular weight excluding hydrogens is 1550 g/mol. The summed E-state index contributed by atoms with van der Waals surface area (Å²) >= 11 is 0. The monoisotopic (exact) mass is 1740 g/mol. The van der Waals surface area contributed by atoms with Crippen molar-refractivity contribution >= 4 is 47.8 Å². The SMILES string of the molecule is C.C.C.C.C.C.C.C.C.C.CCC(C)(C)C(=O)OC1(C(C)C)C2CC3CC(C2)CC1C3.CCC(C)(C)C(=O)OC12CC3CC(CC(O)(C3)C1)C2.CCC(C)(C)C(=O)OC1C2CC3CC1CC(C(=O)OC(C)OCC14CC5CC(CC(C5)C1)C4)(C3)C2.CCC(C)(C)C(=O)OCC(=O)OC1C2CC3C(=O)OC1C3C2.CCC1(OC(=O)C(C)(C)CC)CCCCC1. The molecule has 20 fully saturated rings. The van der Waals surface area contributed by atoms with E-state index in [1.165, 1.54) is 96.3 Å². The van der Waals surface area contributed by atoms with Gasteiger partial charge in [-0.25, -0.2) is 4.79 Å². The van der Waals surface area contributed by atoms with E-state index in [-0.39, 0.29) is 192 Å². The van der Waals surface area contributed by atoms with E-state index in [0.29, 0.717) is 53.8 Å². The van der Waals surface area contributed by atoms with E-state index in [1.807, 2.05) is 90.0 Å². The Kier molecular flexibility index (Phi) is 40.7. The second kappa shape index (κ2) is 43.6. The summed E-state index contributed by atoms with van der Waals surface area (Å²) in [7, 11) is 0. The van der Waals surface area contributed by atoms with Gasteiger partial charge in [0.2, 0.25) is 0 Å². The minimum Gasteiger partial charge on any atom is -0.461 e. The number of carbonyl (C=O) groups excluding carboxylic acids is 8. The van der Waals surface area contributed by atoms with Gasteiger partial charge in [0, 0.05) is 18.3 Å². The third kappa shape index (κ3) is 24.1. The Morgan fingerprint density at radius 2 is 0.878 bits per heavy atom. The zero-order valence-electron chi connectivity index (χ0n) is 73.6. The maximum Gasteiger partial charge on any atom is 0.344 e. The second-order valence-corrected chi connectivity index (χ2v) is 44.4. The number of aliphatic hydroxyl groups is 1. The Labute approximate surface area is 753 Å². The molecule has 0 radical (unpaired) electrons. The largest absolute Gasteiger partial charge is 0.461 e. The fraction of sp³-hybridized carbons (Fsp3) is 0.924. The van der Waals surface area contributed by atoms with Crippen molar-refractivity contribution in [1.29, 1.82) is 0 Å². The van der Waals surface area contributed by atoms with Crippen LogP contribution in [0.3, 0.4) is 0 Å². The van der Waals surface area contributed by atoms with E-state index in [4.69, 9.17) is 42.6 Å². The third-order valence-corrected chi connectivity index (χ3v) is 33.7. The second-order valence-electron chi connectivity index (χ2n) is 44.4. The lowest BCUT2D eigenvalue weighted by Crippen LogP contribution is -2.63. The lowest BCUT2D eigenvalue weighted by Gasteiger charge is -2.62. The molecule has 0 aromatic rings. The molecule has 10 atom stereocenters. The fourth-order valence-corrected chi connectivity index (χ4v) is 26.2. The predicted octanol–water partition coefficient (Wildman–Crippen LogP) is 26.0. The number of ether oxygens (including phenoxy) is 9. The van der Waals surface area contributed by atoms with Crippen molar-refractivity contribution < 1.29 is 86.1 Å². The summed E-state index contributed by atoms with van der Waals surface area (Å²) in [5, 5.41) is 10.6. The number of carbonyl (C=O) groups is 8. The standard InChI is InChI=1S/C30H46O5.C19H32O2.C16H22O6.C16H26O3.C14H26O2.10CH4/c1-5-28(3,4)26(31)35-25-23-9-22-10-24(25)16-30(14-22,15-23)27(32)34-18(2)33-17-29-11-19-6-20(12-29)8-21(7-19)13-29;1-6-18(4,5)17(20)21-19(12(2)3)15-8-13-7-14(10-15)11-16(19)9-13;1-4-16(2,3)15(19)20-7-11(17)21-12-8-5-9-10(6-8)14(18)22-13(9)12;1-4-14(2,3)13(17)19-16-8-11-5-12(9-16)7-15(18,6-11)10-16;1-5-13(3,4)12(15)16-14(6-2)10-8-7-9-11-14;;;;;;;;;;/h18-25H,5-17H2,1-4H3;12-16H,6-11H2,1-5H3;8-10,12-13H,4-7H2,1-3H3;11-12,18H,4-10H2,1-3H3;5-11H2,1-4H3;10*1H4. The van der Waals surface area contributed by atoms with Crippen LogP contribution in [0.15, 0.2) is 0 Å². The van der Waals surface area contributed by atoms with Crippen LogP contribution in [0.25, 0.3) is 0 Å². The lowest BCUT2D eigenvalue weighted by atomic mass is 9.47. The smallest absolute Gasteiger partial charge is 0.344 e. The van der Waals surface area contributed by atoms with Crippen LogP contribution in [-0.4, -0.2) is 113 Å². The number of esters is 8. The molecule has 19 saturated carbocycles. The van der Waals surface area contributed by atoms with Crippen LogP contribution in [0.4, 0.5) is 0 Å². The van der Waals surface area contributed by atoms with E-state index in [2.05, 4.69) is 27.7 Å². The van der Waals surface area contributed by atoms with Crippen molar-refractivity contribution in [3.63, 3.8) is 0 Å². The minimum atomic E-state index is -0.610. The number of rotatable bonds is 24. The molecule has 20 aliphatic rings. The number of hydrogen-bond donors (Lipinski definition) is 1. The van der Waals surface area contributed by atoms with Crippen LogP contribution in [0.1, 0.15) is 431 Å². The van der Waals surface area contributed by atoms with Gasteiger partial charge in [0.25, 0.3) is 0 Å². The first-order valence-electron chi connectivity index (χ1n) is 46.0. The van der Waals surface area contributed by atoms with E-state index >= 15 is 0 Å². The molecular formula is C105H192O18. The maximum atomic E-state index is 13.6. The van der Waals surface area contributed by atoms with E-state index in [0.717, 1.165) is 152 Å². The molecule has 18 heteroatoms. The zero-order valence-corrected chi connectivity index (χ0v) is 73.6. The lowest BCUT2D eigenvalue weighted by molar-refractivity contribution is -0.231. The molecule has 1 heterocycles. The highest BCUT2D eigenvalue weighted by Crippen LogP contribution is 2.66. The van der Waals surface area contributed by atoms with Gasteiger partial charge in [0.1, 0.15) is 35.1 Å². The zero-order chi connectivity index (χ0) is 82.2. The molecule has 720 valence electrons. The van der Waals surface area contributed by atoms with E-state index in [1.54, 1.807) is 13.8 Å². The van der Waals surface area contributed by atoms with Gasteiger partial charge in [-0.3, -0.25) is 33.6 Å². The van der Waals surface area contributed by atoms with Crippen LogP contribution in [0, 0.1) is 133 Å². The summed E-state index contributed by atoms with van der Waals surface area (Å²) in [6, 6.07) is 0. The molecule has 0 spiro atoms. The predicted molar refractivity (Wildman–Crippen MR) is 497 cm³/mol. The van der Waals surface area contributed by atoms with Gasteiger partial charge < -0.3 is 47.7 Å². The van der Waals surface area contributed by atoms with Crippen molar-refractivity contribution in [2.45, 2.75) is 478 Å². The first-order valence-corrected chi connectivity index (χ1v) is 46.0. The summed E-state index contributed by atoms with van der Waals surface area (Å²) in [4.78, 5) is 99.0. The van der Waals surface area contributed by atoms with Gasteiger partial charge in [-0.2, -0.15) is 0 Å². The average molecular weight is 1740 g/mol. The molecule has 10 unspecified atom stereocenters. The summed E-state index contributed by atoms with van der Waals surface area (Å²) in [6.07, 6.45) is 36.2. The highest BCUT2D eigenvalue weighted by Gasteiger charge is 2.66. The first kappa shape index (κ1) is 115. The molecule has 0 aromatic carbocycles. The first-order chi connectivity index (χ1) is 52.9. The quantitative estimate of drug-likeness (QED) is 0.0537. The van der Waals surface area contributed by atoms with Crippen LogP contribution in [0.2, 0.25) is 0 Å². The van der Waals surface area contributed by atoms with Crippen molar-refractivity contribution in [2.75, 3.05) is 13.2 Å². The fourth-order valence-electron chi connectivity index (χ4n) is 26.2. The van der Waals surface area contributed by atoms with Crippen molar-refractivity contribution in [3.8, 4) is 0 Å². The van der Waals surface area contributed by atoms with Crippen LogP contribution >= 0.6 is 0 Å². The third-order valence-electron chi connectivity index (χ3n) is 33.7. The van der Waals surface area contributed by atoms with Gasteiger partial charge >= 0.3 is 47.8 Å². The number of hydrogen-bond acceptors (Lipinski definition) is 18. The highest BCUT2D eigenvalue weighted by molar-refractivity contribution is 5.81. The van der Waals surface area contributed by atoms with E-state index < -0.39 is 45.5 Å².